The standard InChI is InChI=1S/C19H28ClN5O2/c1-19(2,3)27-18(26)25-11-13-9-24(10-14(13)12-25)17-21-15(20)8-16(22-17)23-6-4-5-7-23/h8,13-14H,4-7,9-12H2,1-3H3/t13-,14+. The lowest BCUT2D eigenvalue weighted by Gasteiger charge is -2.26. The summed E-state index contributed by atoms with van der Waals surface area (Å²) in [5.74, 6) is 2.49. The highest BCUT2D eigenvalue weighted by Crippen LogP contribution is 2.34. The Morgan fingerprint density at radius 1 is 1.07 bits per heavy atom. The van der Waals surface area contributed by atoms with Crippen LogP contribution in [0.1, 0.15) is 33.6 Å². The van der Waals surface area contributed by atoms with Gasteiger partial charge in [-0.1, -0.05) is 11.6 Å². The largest absolute Gasteiger partial charge is 0.444 e. The molecule has 8 heteroatoms. The summed E-state index contributed by atoms with van der Waals surface area (Å²) in [4.78, 5) is 27.9. The molecular formula is C19H28ClN5O2. The maximum absolute atomic E-state index is 12.3. The van der Waals surface area contributed by atoms with E-state index in [0.29, 0.717) is 22.9 Å². The van der Waals surface area contributed by atoms with Gasteiger partial charge in [-0.15, -0.1) is 0 Å². The van der Waals surface area contributed by atoms with Crippen LogP contribution in [-0.2, 0) is 4.74 Å². The van der Waals surface area contributed by atoms with Gasteiger partial charge in [0.05, 0.1) is 0 Å². The summed E-state index contributed by atoms with van der Waals surface area (Å²) in [6.07, 6.45) is 2.19. The molecule has 3 saturated heterocycles. The zero-order chi connectivity index (χ0) is 19.2. The molecule has 0 bridgehead atoms. The molecule has 4 heterocycles. The van der Waals surface area contributed by atoms with Crippen LogP contribution in [0.4, 0.5) is 16.6 Å². The molecule has 0 unspecified atom stereocenters. The third kappa shape index (κ3) is 4.08. The Bertz CT molecular complexity index is 703. The number of carbonyl (C=O) groups excluding carboxylic acids is 1. The lowest BCUT2D eigenvalue weighted by atomic mass is 10.0. The molecule has 0 aromatic carbocycles. The molecule has 1 aromatic rings. The summed E-state index contributed by atoms with van der Waals surface area (Å²) in [6.45, 7) is 10.9. The fourth-order valence-electron chi connectivity index (χ4n) is 4.28. The second-order valence-electron chi connectivity index (χ2n) is 8.85. The van der Waals surface area contributed by atoms with Gasteiger partial charge in [-0.25, -0.2) is 9.78 Å². The van der Waals surface area contributed by atoms with Gasteiger partial charge in [0, 0.05) is 57.2 Å². The van der Waals surface area contributed by atoms with Gasteiger partial charge in [-0.3, -0.25) is 0 Å². The number of ether oxygens (including phenoxy) is 1. The van der Waals surface area contributed by atoms with Gasteiger partial charge in [-0.05, 0) is 33.6 Å². The molecule has 0 aliphatic carbocycles. The minimum Gasteiger partial charge on any atom is -0.444 e. The zero-order valence-electron chi connectivity index (χ0n) is 16.3. The van der Waals surface area contributed by atoms with Crippen molar-refractivity contribution in [2.24, 2.45) is 11.8 Å². The molecule has 3 aliphatic heterocycles. The highest BCUT2D eigenvalue weighted by molar-refractivity contribution is 6.29. The van der Waals surface area contributed by atoms with Gasteiger partial charge in [0.1, 0.15) is 16.6 Å². The Morgan fingerprint density at radius 3 is 2.30 bits per heavy atom. The van der Waals surface area contributed by atoms with Gasteiger partial charge in [0.2, 0.25) is 5.95 Å². The molecular weight excluding hydrogens is 366 g/mol. The number of amides is 1. The molecule has 0 radical (unpaired) electrons. The van der Waals surface area contributed by atoms with E-state index in [0.717, 1.165) is 45.1 Å². The molecule has 7 nitrogen and oxygen atoms in total. The van der Waals surface area contributed by atoms with Crippen LogP contribution in [0.25, 0.3) is 0 Å². The second kappa shape index (κ2) is 7.00. The Kier molecular flexibility index (Phi) is 4.82. The predicted octanol–water partition coefficient (Wildman–Crippen LogP) is 3.03. The first-order valence-electron chi connectivity index (χ1n) is 9.81. The minimum atomic E-state index is -0.457. The van der Waals surface area contributed by atoms with Crippen LogP contribution in [0.15, 0.2) is 6.07 Å². The van der Waals surface area contributed by atoms with E-state index in [1.54, 1.807) is 0 Å². The highest BCUT2D eigenvalue weighted by Gasteiger charge is 2.43. The van der Waals surface area contributed by atoms with Crippen LogP contribution in [0.2, 0.25) is 5.15 Å². The summed E-state index contributed by atoms with van der Waals surface area (Å²) >= 11 is 6.28. The number of fused-ring (bicyclic) bond motifs is 1. The van der Waals surface area contributed by atoms with Crippen molar-refractivity contribution >= 4 is 29.5 Å². The van der Waals surface area contributed by atoms with E-state index in [-0.39, 0.29) is 6.09 Å². The van der Waals surface area contributed by atoms with Crippen molar-refractivity contribution in [3.05, 3.63) is 11.2 Å². The van der Waals surface area contributed by atoms with E-state index in [4.69, 9.17) is 21.3 Å². The van der Waals surface area contributed by atoms with Crippen LogP contribution in [0.3, 0.4) is 0 Å². The molecule has 0 N–H and O–H groups in total. The van der Waals surface area contributed by atoms with Gasteiger partial charge in [0.15, 0.2) is 0 Å². The molecule has 0 spiro atoms. The first-order valence-corrected chi connectivity index (χ1v) is 10.2. The number of likely N-dealkylation sites (tertiary alicyclic amines) is 1. The molecule has 2 atom stereocenters. The number of anilines is 2. The first-order chi connectivity index (χ1) is 12.8. The van der Waals surface area contributed by atoms with Crippen LogP contribution in [0, 0.1) is 11.8 Å². The van der Waals surface area contributed by atoms with Crippen molar-refractivity contribution in [1.29, 1.82) is 0 Å². The SMILES string of the molecule is CC(C)(C)OC(=O)N1C[C@@H]2CN(c3nc(Cl)cc(N4CCCC4)n3)C[C@@H]2C1. The Hall–Kier alpha value is -1.76. The maximum atomic E-state index is 12.3. The van der Waals surface area contributed by atoms with Crippen molar-refractivity contribution in [2.45, 2.75) is 39.2 Å². The minimum absolute atomic E-state index is 0.209. The topological polar surface area (TPSA) is 61.8 Å². The van der Waals surface area contributed by atoms with Crippen molar-refractivity contribution in [3.63, 3.8) is 0 Å². The van der Waals surface area contributed by atoms with Crippen LogP contribution < -0.4 is 9.80 Å². The van der Waals surface area contributed by atoms with Gasteiger partial charge >= 0.3 is 6.09 Å². The molecule has 1 aromatic heterocycles. The molecule has 3 fully saturated rings. The van der Waals surface area contributed by atoms with Crippen molar-refractivity contribution < 1.29 is 9.53 Å². The fraction of sp³-hybridized carbons (Fsp3) is 0.737. The summed E-state index contributed by atoms with van der Waals surface area (Å²) in [5, 5.41) is 0.495. The van der Waals surface area contributed by atoms with Crippen molar-refractivity contribution in [3.8, 4) is 0 Å². The predicted molar refractivity (Wildman–Crippen MR) is 105 cm³/mol. The summed E-state index contributed by atoms with van der Waals surface area (Å²) in [6, 6.07) is 1.86. The monoisotopic (exact) mass is 393 g/mol. The third-order valence-electron chi connectivity index (χ3n) is 5.52. The average Bonchev–Trinajstić information content (AvgIpc) is 3.28. The summed E-state index contributed by atoms with van der Waals surface area (Å²) in [7, 11) is 0. The number of carbonyl (C=O) groups is 1. The molecule has 1 amide bonds. The second-order valence-corrected chi connectivity index (χ2v) is 9.24. The Morgan fingerprint density at radius 2 is 1.70 bits per heavy atom. The summed E-state index contributed by atoms with van der Waals surface area (Å²) < 4.78 is 5.51. The van der Waals surface area contributed by atoms with E-state index in [2.05, 4.69) is 14.8 Å². The molecule has 0 saturated carbocycles. The average molecular weight is 394 g/mol. The van der Waals surface area contributed by atoms with Gasteiger partial charge in [-0.2, -0.15) is 4.98 Å². The quantitative estimate of drug-likeness (QED) is 0.720. The smallest absolute Gasteiger partial charge is 0.410 e. The highest BCUT2D eigenvalue weighted by atomic mass is 35.5. The first kappa shape index (κ1) is 18.6. The zero-order valence-corrected chi connectivity index (χ0v) is 17.1. The van der Waals surface area contributed by atoms with E-state index in [1.165, 1.54) is 12.8 Å². The van der Waals surface area contributed by atoms with Crippen LogP contribution in [0.5, 0.6) is 0 Å². The lowest BCUT2D eigenvalue weighted by Crippen LogP contribution is -2.37. The number of hydrogen-bond donors (Lipinski definition) is 0. The normalized spacial score (nSPS) is 25.3. The van der Waals surface area contributed by atoms with E-state index < -0.39 is 5.60 Å². The van der Waals surface area contributed by atoms with Gasteiger partial charge in [0.25, 0.3) is 0 Å². The number of hydrogen-bond acceptors (Lipinski definition) is 6. The van der Waals surface area contributed by atoms with Crippen LogP contribution in [-0.4, -0.2) is 65.8 Å². The van der Waals surface area contributed by atoms with E-state index in [9.17, 15) is 4.79 Å². The third-order valence-corrected chi connectivity index (χ3v) is 5.71. The lowest BCUT2D eigenvalue weighted by molar-refractivity contribution is 0.0282. The fourth-order valence-corrected chi connectivity index (χ4v) is 4.45. The maximum Gasteiger partial charge on any atom is 0.410 e. The Labute approximate surface area is 165 Å². The molecule has 3 aliphatic rings. The number of aromatic nitrogens is 2. The van der Waals surface area contributed by atoms with Crippen molar-refractivity contribution in [1.82, 2.24) is 14.9 Å². The number of rotatable bonds is 2. The van der Waals surface area contributed by atoms with Crippen molar-refractivity contribution in [2.75, 3.05) is 49.1 Å². The number of halogens is 1. The van der Waals surface area contributed by atoms with E-state index >= 15 is 0 Å². The van der Waals surface area contributed by atoms with E-state index in [1.807, 2.05) is 31.7 Å². The number of nitrogens with zero attached hydrogens (tertiary/aromatic N) is 5. The molecule has 27 heavy (non-hydrogen) atoms. The Balaban J connectivity index is 1.41. The van der Waals surface area contributed by atoms with Crippen LogP contribution >= 0.6 is 11.6 Å². The van der Waals surface area contributed by atoms with Gasteiger partial charge < -0.3 is 19.4 Å². The molecule has 148 valence electrons. The molecule has 4 rings (SSSR count). The summed E-state index contributed by atoms with van der Waals surface area (Å²) in [5.41, 5.74) is -0.457.